The molecule has 2 nitrogen and oxygen atoms in total. The second kappa shape index (κ2) is 4.07. The maximum Gasteiger partial charge on any atom is 0.0733 e. The molecular formula is C11H14N2S. The van der Waals surface area contributed by atoms with E-state index in [1.807, 2.05) is 13.0 Å². The predicted molar refractivity (Wildman–Crippen MR) is 62.7 cm³/mol. The van der Waals surface area contributed by atoms with Gasteiger partial charge in [-0.3, -0.25) is 0 Å². The van der Waals surface area contributed by atoms with Gasteiger partial charge in [0.25, 0.3) is 0 Å². The molecule has 0 aliphatic rings. The first-order valence-electron chi connectivity index (χ1n) is 4.72. The molecule has 14 heavy (non-hydrogen) atoms. The smallest absolute Gasteiger partial charge is 0.0733 e. The van der Waals surface area contributed by atoms with Crippen molar-refractivity contribution in [2.75, 3.05) is 5.75 Å². The number of thioether (sulfide) groups is 1. The van der Waals surface area contributed by atoms with Crippen LogP contribution in [0.1, 0.15) is 6.92 Å². The van der Waals surface area contributed by atoms with Crippen LogP contribution in [-0.4, -0.2) is 16.8 Å². The van der Waals surface area contributed by atoms with Gasteiger partial charge in [-0.2, -0.15) is 0 Å². The lowest BCUT2D eigenvalue weighted by Gasteiger charge is -2.01. The Bertz CT molecular complexity index is 387. The summed E-state index contributed by atoms with van der Waals surface area (Å²) in [4.78, 5) is 3.36. The largest absolute Gasteiger partial charge is 0.350 e. The molecule has 0 saturated carbocycles. The monoisotopic (exact) mass is 206 g/mol. The summed E-state index contributed by atoms with van der Waals surface area (Å²) in [7, 11) is 0. The van der Waals surface area contributed by atoms with Crippen LogP contribution in [0.25, 0.3) is 10.9 Å². The van der Waals surface area contributed by atoms with Gasteiger partial charge in [-0.25, -0.2) is 0 Å². The molecule has 3 N–H and O–H groups in total. The Labute approximate surface area is 87.9 Å². The second-order valence-corrected chi connectivity index (χ2v) is 4.57. The molecule has 2 rings (SSSR count). The van der Waals surface area contributed by atoms with Crippen LogP contribution in [0.15, 0.2) is 35.4 Å². The number of rotatable bonds is 3. The first-order valence-corrected chi connectivity index (χ1v) is 5.70. The Kier molecular flexibility index (Phi) is 2.79. The van der Waals surface area contributed by atoms with Crippen LogP contribution in [0.5, 0.6) is 0 Å². The average molecular weight is 206 g/mol. The maximum atomic E-state index is 5.70. The van der Waals surface area contributed by atoms with Gasteiger partial charge in [-0.15, -0.1) is 11.8 Å². The van der Waals surface area contributed by atoms with Crippen molar-refractivity contribution in [2.45, 2.75) is 18.0 Å². The number of hydrogen-bond donors (Lipinski definition) is 2. The average Bonchev–Trinajstić information content (AvgIpc) is 2.57. The Morgan fingerprint density at radius 2 is 2.21 bits per heavy atom. The Hall–Kier alpha value is -0.930. The minimum Gasteiger partial charge on any atom is -0.350 e. The van der Waals surface area contributed by atoms with Crippen molar-refractivity contribution in [3.8, 4) is 0 Å². The second-order valence-electron chi connectivity index (χ2n) is 3.51. The van der Waals surface area contributed by atoms with Crippen LogP contribution < -0.4 is 5.73 Å². The Morgan fingerprint density at radius 1 is 1.43 bits per heavy atom. The SMILES string of the molecule is C[C@@H](N)CSc1cc2ccccc2[nH]1. The normalized spacial score (nSPS) is 13.3. The third-order valence-corrected chi connectivity index (χ3v) is 3.23. The van der Waals surface area contributed by atoms with E-state index in [0.717, 1.165) is 5.75 Å². The molecule has 2 aromatic rings. The van der Waals surface area contributed by atoms with E-state index in [0.29, 0.717) is 0 Å². The van der Waals surface area contributed by atoms with Crippen LogP contribution in [-0.2, 0) is 0 Å². The summed E-state index contributed by atoms with van der Waals surface area (Å²) >= 11 is 1.77. The number of H-pyrrole nitrogens is 1. The molecule has 0 aliphatic carbocycles. The number of hydrogen-bond acceptors (Lipinski definition) is 2. The molecular weight excluding hydrogens is 192 g/mol. The summed E-state index contributed by atoms with van der Waals surface area (Å²) in [5.41, 5.74) is 6.89. The molecule has 0 fully saturated rings. The minimum absolute atomic E-state index is 0.242. The van der Waals surface area contributed by atoms with E-state index in [-0.39, 0.29) is 6.04 Å². The van der Waals surface area contributed by atoms with Gasteiger partial charge >= 0.3 is 0 Å². The van der Waals surface area contributed by atoms with Gasteiger partial charge in [0.05, 0.1) is 5.03 Å². The number of nitrogens with one attached hydrogen (secondary N) is 1. The Balaban J connectivity index is 2.19. The van der Waals surface area contributed by atoms with E-state index in [4.69, 9.17) is 5.73 Å². The molecule has 0 aliphatic heterocycles. The minimum atomic E-state index is 0.242. The highest BCUT2D eigenvalue weighted by Gasteiger charge is 2.01. The molecule has 3 heteroatoms. The molecule has 0 bridgehead atoms. The van der Waals surface area contributed by atoms with Crippen molar-refractivity contribution in [1.82, 2.24) is 4.98 Å². The van der Waals surface area contributed by atoms with Crippen molar-refractivity contribution < 1.29 is 0 Å². The van der Waals surface area contributed by atoms with E-state index in [1.54, 1.807) is 11.8 Å². The fraction of sp³-hybridized carbons (Fsp3) is 0.273. The topological polar surface area (TPSA) is 41.8 Å². The third-order valence-electron chi connectivity index (χ3n) is 2.01. The number of para-hydroxylation sites is 1. The summed E-state index contributed by atoms with van der Waals surface area (Å²) < 4.78 is 0. The van der Waals surface area contributed by atoms with Crippen LogP contribution in [0.4, 0.5) is 0 Å². The summed E-state index contributed by atoms with van der Waals surface area (Å²) in [6.45, 7) is 2.02. The maximum absolute atomic E-state index is 5.70. The Morgan fingerprint density at radius 3 is 2.93 bits per heavy atom. The van der Waals surface area contributed by atoms with Crippen molar-refractivity contribution in [1.29, 1.82) is 0 Å². The standard InChI is InChI=1S/C11H14N2S/c1-8(12)7-14-11-6-9-4-2-3-5-10(9)13-11/h2-6,8,13H,7,12H2,1H3/t8-/m1/s1. The number of nitrogens with two attached hydrogens (primary N) is 1. The molecule has 0 saturated heterocycles. The molecule has 0 radical (unpaired) electrons. The molecule has 74 valence electrons. The number of fused-ring (bicyclic) bond motifs is 1. The van der Waals surface area contributed by atoms with Crippen LogP contribution in [0.3, 0.4) is 0 Å². The molecule has 1 aromatic heterocycles. The van der Waals surface area contributed by atoms with Gasteiger partial charge < -0.3 is 10.7 Å². The molecule has 0 unspecified atom stereocenters. The summed E-state index contributed by atoms with van der Waals surface area (Å²) in [5, 5.41) is 2.46. The zero-order chi connectivity index (χ0) is 9.97. The molecule has 1 aromatic carbocycles. The van der Waals surface area contributed by atoms with Crippen molar-refractivity contribution in [2.24, 2.45) is 5.73 Å². The van der Waals surface area contributed by atoms with E-state index in [1.165, 1.54) is 15.9 Å². The van der Waals surface area contributed by atoms with E-state index >= 15 is 0 Å². The van der Waals surface area contributed by atoms with Gasteiger partial charge in [0.1, 0.15) is 0 Å². The molecule has 1 heterocycles. The first kappa shape index (κ1) is 9.62. The summed E-state index contributed by atoms with van der Waals surface area (Å²) in [6, 6.07) is 10.7. The lowest BCUT2D eigenvalue weighted by molar-refractivity contribution is 0.846. The fourth-order valence-corrected chi connectivity index (χ4v) is 2.18. The van der Waals surface area contributed by atoms with Crippen LogP contribution in [0, 0.1) is 0 Å². The highest BCUT2D eigenvalue weighted by atomic mass is 32.2. The fourth-order valence-electron chi connectivity index (χ4n) is 1.35. The van der Waals surface area contributed by atoms with Gasteiger partial charge in [0.2, 0.25) is 0 Å². The van der Waals surface area contributed by atoms with E-state index in [2.05, 4.69) is 29.2 Å². The van der Waals surface area contributed by atoms with Gasteiger partial charge in [-0.1, -0.05) is 18.2 Å². The first-order chi connectivity index (χ1) is 6.75. The van der Waals surface area contributed by atoms with Crippen LogP contribution >= 0.6 is 11.8 Å². The summed E-state index contributed by atoms with van der Waals surface area (Å²) in [5.74, 6) is 0.951. The number of aromatic amines is 1. The van der Waals surface area contributed by atoms with Gasteiger partial charge in [0, 0.05) is 22.7 Å². The van der Waals surface area contributed by atoms with Crippen molar-refractivity contribution in [3.05, 3.63) is 30.3 Å². The van der Waals surface area contributed by atoms with Gasteiger partial charge in [0.15, 0.2) is 0 Å². The number of aromatic nitrogens is 1. The lowest BCUT2D eigenvalue weighted by atomic mass is 10.3. The summed E-state index contributed by atoms with van der Waals surface area (Å²) in [6.07, 6.45) is 0. The molecule has 0 amide bonds. The zero-order valence-electron chi connectivity index (χ0n) is 8.16. The zero-order valence-corrected chi connectivity index (χ0v) is 8.97. The van der Waals surface area contributed by atoms with E-state index in [9.17, 15) is 0 Å². The van der Waals surface area contributed by atoms with Gasteiger partial charge in [-0.05, 0) is 19.1 Å². The quantitative estimate of drug-likeness (QED) is 0.758. The highest BCUT2D eigenvalue weighted by Crippen LogP contribution is 2.23. The number of benzene rings is 1. The van der Waals surface area contributed by atoms with Crippen molar-refractivity contribution in [3.63, 3.8) is 0 Å². The van der Waals surface area contributed by atoms with Crippen LogP contribution in [0.2, 0.25) is 0 Å². The molecule has 0 spiro atoms. The lowest BCUT2D eigenvalue weighted by Crippen LogP contribution is -2.17. The van der Waals surface area contributed by atoms with E-state index < -0.39 is 0 Å². The highest BCUT2D eigenvalue weighted by molar-refractivity contribution is 7.99. The predicted octanol–water partition coefficient (Wildman–Crippen LogP) is 2.61. The third kappa shape index (κ3) is 2.11. The molecule has 1 atom stereocenters. The van der Waals surface area contributed by atoms with Crippen molar-refractivity contribution >= 4 is 22.7 Å².